The number of hydrogen-bond acceptors (Lipinski definition) is 4. The van der Waals surface area contributed by atoms with E-state index in [1.165, 1.54) is 36.8 Å². The van der Waals surface area contributed by atoms with E-state index >= 15 is 0 Å². The molecule has 1 aromatic carbocycles. The van der Waals surface area contributed by atoms with Crippen molar-refractivity contribution in [1.29, 1.82) is 0 Å². The van der Waals surface area contributed by atoms with Crippen molar-refractivity contribution in [2.75, 3.05) is 26.2 Å². The summed E-state index contributed by atoms with van der Waals surface area (Å²) in [6.45, 7) is 2.06. The number of amides is 2. The van der Waals surface area contributed by atoms with Crippen molar-refractivity contribution < 1.29 is 9.59 Å². The largest absolute Gasteiger partial charge is 0.356 e. The van der Waals surface area contributed by atoms with E-state index < -0.39 is 0 Å². The van der Waals surface area contributed by atoms with Gasteiger partial charge in [-0.3, -0.25) is 14.4 Å². The molecule has 1 saturated heterocycles. The van der Waals surface area contributed by atoms with Crippen LogP contribution in [0.5, 0.6) is 0 Å². The van der Waals surface area contributed by atoms with Crippen molar-refractivity contribution in [3.05, 3.63) is 58.6 Å². The van der Waals surface area contributed by atoms with E-state index in [0.29, 0.717) is 61.0 Å². The summed E-state index contributed by atoms with van der Waals surface area (Å²) < 4.78 is 3.09. The van der Waals surface area contributed by atoms with E-state index in [2.05, 4.69) is 5.10 Å². The standard InChI is InChI=1S/C27H33N5O3/c1-29-18-22(25-23(19-29)27(35)32(28-25)21-10-6-3-7-11-21)26(34)31-16-14-30(15-17-31)24(33)13-12-20-8-4-2-5-9-20/h3,6-7,10-11,18-20H,2,4-5,8-9,12-17H2,1H3. The second-order valence-corrected chi connectivity index (χ2v) is 9.87. The summed E-state index contributed by atoms with van der Waals surface area (Å²) in [7, 11) is 1.80. The number of pyridine rings is 1. The Morgan fingerprint density at radius 2 is 1.63 bits per heavy atom. The molecule has 1 aromatic rings. The lowest BCUT2D eigenvalue weighted by Gasteiger charge is -2.35. The van der Waals surface area contributed by atoms with Crippen LogP contribution in [0.25, 0.3) is 16.9 Å². The minimum atomic E-state index is -0.246. The molecule has 0 unspecified atom stereocenters. The smallest absolute Gasteiger partial charge is 0.282 e. The Balaban J connectivity index is 1.27. The first kappa shape index (κ1) is 23.3. The average molecular weight is 476 g/mol. The molecule has 0 radical (unpaired) electrons. The summed E-state index contributed by atoms with van der Waals surface area (Å²) in [5.41, 5.74) is 1.65. The van der Waals surface area contributed by atoms with Gasteiger partial charge in [0.15, 0.2) is 0 Å². The van der Waals surface area contributed by atoms with E-state index in [0.717, 1.165) is 6.42 Å². The van der Waals surface area contributed by atoms with Crippen LogP contribution in [0.3, 0.4) is 0 Å². The molecule has 1 aliphatic carbocycles. The maximum Gasteiger partial charge on any atom is 0.282 e. The minimum absolute atomic E-state index is 0.154. The number of aromatic nitrogens is 3. The topological polar surface area (TPSA) is 80.4 Å². The second kappa shape index (κ2) is 10.1. The molecule has 5 rings (SSSR count). The van der Waals surface area contributed by atoms with Crippen LogP contribution in [-0.4, -0.2) is 62.1 Å². The molecule has 3 heterocycles. The fraction of sp³-hybridized carbons (Fsp3) is 0.481. The molecule has 0 spiro atoms. The normalized spacial score (nSPS) is 17.2. The molecule has 0 atom stereocenters. The highest BCUT2D eigenvalue weighted by Crippen LogP contribution is 2.28. The van der Waals surface area contributed by atoms with E-state index in [9.17, 15) is 14.4 Å². The van der Waals surface area contributed by atoms with Crippen molar-refractivity contribution in [2.24, 2.45) is 13.0 Å². The zero-order chi connectivity index (χ0) is 24.4. The SMILES string of the molecule is Cn1cc(C(=O)N2CCN(C(=O)CCC3CCCCC3)CC2)c2nn(-c3ccccc3)c(=O)c-2c1. The number of carbonyl (C=O) groups is 2. The molecular formula is C27H33N5O3. The van der Waals surface area contributed by atoms with Crippen LogP contribution in [0.15, 0.2) is 47.5 Å². The summed E-state index contributed by atoms with van der Waals surface area (Å²) in [5, 5.41) is 4.53. The van der Waals surface area contributed by atoms with Gasteiger partial charge in [0, 0.05) is 52.0 Å². The third-order valence-corrected chi connectivity index (χ3v) is 7.44. The van der Waals surface area contributed by atoms with Gasteiger partial charge in [0.05, 0.1) is 16.8 Å². The number of benzene rings is 1. The minimum Gasteiger partial charge on any atom is -0.356 e. The van der Waals surface area contributed by atoms with Crippen LogP contribution >= 0.6 is 0 Å². The fourth-order valence-corrected chi connectivity index (χ4v) is 5.43. The lowest BCUT2D eigenvalue weighted by Crippen LogP contribution is -2.50. The molecular weight excluding hydrogens is 442 g/mol. The molecule has 3 aliphatic heterocycles. The fourth-order valence-electron chi connectivity index (χ4n) is 5.43. The van der Waals surface area contributed by atoms with Gasteiger partial charge in [0.1, 0.15) is 5.69 Å². The Bertz CT molecular complexity index is 1220. The Morgan fingerprint density at radius 1 is 0.943 bits per heavy atom. The van der Waals surface area contributed by atoms with E-state index in [4.69, 9.17) is 0 Å². The lowest BCUT2D eigenvalue weighted by atomic mass is 9.86. The second-order valence-electron chi connectivity index (χ2n) is 9.87. The molecule has 35 heavy (non-hydrogen) atoms. The molecule has 184 valence electrons. The summed E-state index contributed by atoms with van der Waals surface area (Å²) in [6, 6.07) is 9.22. The highest BCUT2D eigenvalue weighted by atomic mass is 16.2. The molecule has 0 N–H and O–H groups in total. The number of nitrogens with zero attached hydrogens (tertiary/aromatic N) is 5. The number of piperazine rings is 1. The quantitative estimate of drug-likeness (QED) is 0.567. The van der Waals surface area contributed by atoms with Crippen molar-refractivity contribution >= 4 is 11.8 Å². The summed E-state index contributed by atoms with van der Waals surface area (Å²) >= 11 is 0. The number of aryl methyl sites for hydroxylation is 1. The Hall–Kier alpha value is -3.42. The number of para-hydroxylation sites is 1. The van der Waals surface area contributed by atoms with Gasteiger partial charge >= 0.3 is 0 Å². The van der Waals surface area contributed by atoms with Gasteiger partial charge in [-0.1, -0.05) is 50.3 Å². The number of rotatable bonds is 5. The van der Waals surface area contributed by atoms with Crippen molar-refractivity contribution in [3.8, 4) is 16.9 Å². The zero-order valence-corrected chi connectivity index (χ0v) is 20.4. The van der Waals surface area contributed by atoms with Crippen LogP contribution in [0.4, 0.5) is 0 Å². The van der Waals surface area contributed by atoms with Gasteiger partial charge in [0.25, 0.3) is 11.5 Å². The Morgan fingerprint density at radius 3 is 2.34 bits per heavy atom. The first-order valence-corrected chi connectivity index (χ1v) is 12.7. The van der Waals surface area contributed by atoms with Gasteiger partial charge in [0.2, 0.25) is 5.91 Å². The molecule has 4 aliphatic rings. The van der Waals surface area contributed by atoms with Gasteiger partial charge in [-0.05, 0) is 24.5 Å². The van der Waals surface area contributed by atoms with E-state index in [1.807, 2.05) is 35.2 Å². The highest BCUT2D eigenvalue weighted by molar-refractivity contribution is 6.00. The summed E-state index contributed by atoms with van der Waals surface area (Å²) in [4.78, 5) is 43.0. The predicted molar refractivity (Wildman–Crippen MR) is 134 cm³/mol. The van der Waals surface area contributed by atoms with Crippen molar-refractivity contribution in [3.63, 3.8) is 0 Å². The van der Waals surface area contributed by atoms with E-state index in [-0.39, 0.29) is 17.4 Å². The predicted octanol–water partition coefficient (Wildman–Crippen LogP) is 3.32. The summed E-state index contributed by atoms with van der Waals surface area (Å²) in [6.07, 6.45) is 11.5. The molecule has 8 heteroatoms. The number of hydrogen-bond donors (Lipinski definition) is 0. The first-order valence-electron chi connectivity index (χ1n) is 12.7. The molecule has 0 bridgehead atoms. The maximum absolute atomic E-state index is 13.5. The van der Waals surface area contributed by atoms with Gasteiger partial charge in [-0.25, -0.2) is 0 Å². The molecule has 0 aromatic heterocycles. The molecule has 1 saturated carbocycles. The molecule has 8 nitrogen and oxygen atoms in total. The zero-order valence-electron chi connectivity index (χ0n) is 20.4. The number of carbonyl (C=O) groups excluding carboxylic acids is 2. The molecule has 2 amide bonds. The lowest BCUT2D eigenvalue weighted by molar-refractivity contribution is -0.133. The highest BCUT2D eigenvalue weighted by Gasteiger charge is 2.30. The van der Waals surface area contributed by atoms with Crippen molar-refractivity contribution in [2.45, 2.75) is 44.9 Å². The van der Waals surface area contributed by atoms with Crippen molar-refractivity contribution in [1.82, 2.24) is 24.1 Å². The van der Waals surface area contributed by atoms with Crippen LogP contribution in [0.2, 0.25) is 0 Å². The maximum atomic E-state index is 13.5. The van der Waals surface area contributed by atoms with Gasteiger partial charge < -0.3 is 14.4 Å². The van der Waals surface area contributed by atoms with Crippen LogP contribution < -0.4 is 5.56 Å². The first-order chi connectivity index (χ1) is 17.0. The Labute approximate surface area is 205 Å². The number of fused-ring (bicyclic) bond motifs is 1. The third kappa shape index (κ3) is 4.88. The van der Waals surface area contributed by atoms with Crippen LogP contribution in [0, 0.1) is 5.92 Å². The molecule has 2 fully saturated rings. The average Bonchev–Trinajstić information content (AvgIpc) is 3.23. The summed E-state index contributed by atoms with van der Waals surface area (Å²) in [5.74, 6) is 0.741. The van der Waals surface area contributed by atoms with Gasteiger partial charge in [-0.2, -0.15) is 9.78 Å². The van der Waals surface area contributed by atoms with Crippen LogP contribution in [0.1, 0.15) is 55.3 Å². The van der Waals surface area contributed by atoms with E-state index in [1.54, 1.807) is 28.9 Å². The van der Waals surface area contributed by atoms with Gasteiger partial charge in [-0.15, -0.1) is 0 Å². The monoisotopic (exact) mass is 475 g/mol. The third-order valence-electron chi connectivity index (χ3n) is 7.44. The Kier molecular flexibility index (Phi) is 6.70. The van der Waals surface area contributed by atoms with Crippen LogP contribution in [-0.2, 0) is 11.8 Å².